The minimum atomic E-state index is -0.956. The molecular formula is C11H20N2O6. The van der Waals surface area contributed by atoms with E-state index in [4.69, 9.17) is 21.1 Å². The summed E-state index contributed by atoms with van der Waals surface area (Å²) in [5.74, 6) is -2.79. The molecule has 1 fully saturated rings. The van der Waals surface area contributed by atoms with Crippen LogP contribution >= 0.6 is 0 Å². The number of hydrogen-bond donors (Lipinski definition) is 4. The summed E-state index contributed by atoms with van der Waals surface area (Å²) >= 11 is 0. The molecule has 0 aromatic heterocycles. The summed E-state index contributed by atoms with van der Waals surface area (Å²) in [6.07, 6.45) is 1.30. The molecule has 1 rings (SSSR count). The SMILES string of the molecule is CC(CO)C(=O)O.NCC(=O)N1CCCC1C(=O)O. The van der Waals surface area contributed by atoms with Crippen LogP contribution in [0, 0.1) is 5.92 Å². The molecule has 8 nitrogen and oxygen atoms in total. The zero-order chi connectivity index (χ0) is 15.0. The number of aliphatic hydroxyl groups is 1. The summed E-state index contributed by atoms with van der Waals surface area (Å²) in [5, 5.41) is 24.8. The van der Waals surface area contributed by atoms with E-state index < -0.39 is 23.9 Å². The van der Waals surface area contributed by atoms with Crippen molar-refractivity contribution in [3.05, 3.63) is 0 Å². The van der Waals surface area contributed by atoms with Crippen LogP contribution in [-0.2, 0) is 14.4 Å². The molecule has 110 valence electrons. The second-order valence-corrected chi connectivity index (χ2v) is 4.21. The first-order valence-corrected chi connectivity index (χ1v) is 5.91. The van der Waals surface area contributed by atoms with E-state index in [0.717, 1.165) is 6.42 Å². The van der Waals surface area contributed by atoms with E-state index in [1.807, 2.05) is 0 Å². The Labute approximate surface area is 110 Å². The van der Waals surface area contributed by atoms with Crippen LogP contribution in [-0.4, -0.2) is 63.8 Å². The van der Waals surface area contributed by atoms with Crippen molar-refractivity contribution in [2.45, 2.75) is 25.8 Å². The Hall–Kier alpha value is -1.67. The molecule has 0 aliphatic carbocycles. The van der Waals surface area contributed by atoms with E-state index >= 15 is 0 Å². The summed E-state index contributed by atoms with van der Waals surface area (Å²) < 4.78 is 0. The van der Waals surface area contributed by atoms with Crippen molar-refractivity contribution in [1.82, 2.24) is 4.90 Å². The quantitative estimate of drug-likeness (QED) is 0.501. The van der Waals surface area contributed by atoms with E-state index in [2.05, 4.69) is 0 Å². The highest BCUT2D eigenvalue weighted by atomic mass is 16.4. The molecule has 0 spiro atoms. The van der Waals surface area contributed by atoms with Gasteiger partial charge in [0.05, 0.1) is 19.1 Å². The second kappa shape index (κ2) is 8.44. The fourth-order valence-electron chi connectivity index (χ4n) is 1.52. The van der Waals surface area contributed by atoms with Crippen molar-refractivity contribution < 1.29 is 29.7 Å². The highest BCUT2D eigenvalue weighted by molar-refractivity contribution is 5.85. The maximum Gasteiger partial charge on any atom is 0.326 e. The van der Waals surface area contributed by atoms with Gasteiger partial charge in [-0.15, -0.1) is 0 Å². The van der Waals surface area contributed by atoms with E-state index in [-0.39, 0.29) is 19.1 Å². The summed E-state index contributed by atoms with van der Waals surface area (Å²) in [7, 11) is 0. The molecule has 2 atom stereocenters. The van der Waals surface area contributed by atoms with Gasteiger partial charge in [-0.05, 0) is 19.8 Å². The molecule has 2 unspecified atom stereocenters. The number of aliphatic hydroxyl groups excluding tert-OH is 1. The molecule has 1 aliphatic rings. The van der Waals surface area contributed by atoms with E-state index in [9.17, 15) is 14.4 Å². The van der Waals surface area contributed by atoms with Gasteiger partial charge in [-0.1, -0.05) is 0 Å². The normalized spacial score (nSPS) is 19.3. The van der Waals surface area contributed by atoms with E-state index in [1.54, 1.807) is 0 Å². The maximum atomic E-state index is 11.1. The Kier molecular flexibility index (Phi) is 7.69. The number of carbonyl (C=O) groups excluding carboxylic acids is 1. The summed E-state index contributed by atoms with van der Waals surface area (Å²) in [6.45, 7) is 1.58. The van der Waals surface area contributed by atoms with Crippen LogP contribution in [0.3, 0.4) is 0 Å². The first-order valence-electron chi connectivity index (χ1n) is 5.91. The van der Waals surface area contributed by atoms with Gasteiger partial charge in [0.2, 0.25) is 5.91 Å². The van der Waals surface area contributed by atoms with E-state index in [0.29, 0.717) is 13.0 Å². The number of aliphatic carboxylic acids is 2. The van der Waals surface area contributed by atoms with Crippen LogP contribution in [0.25, 0.3) is 0 Å². The number of carboxylic acid groups (broad SMARTS) is 2. The molecule has 5 N–H and O–H groups in total. The topological polar surface area (TPSA) is 141 Å². The highest BCUT2D eigenvalue weighted by Gasteiger charge is 2.32. The fraction of sp³-hybridized carbons (Fsp3) is 0.727. The number of carboxylic acids is 2. The monoisotopic (exact) mass is 276 g/mol. The summed E-state index contributed by atoms with van der Waals surface area (Å²) in [5.41, 5.74) is 5.13. The number of likely N-dealkylation sites (tertiary alicyclic amines) is 1. The number of rotatable bonds is 4. The molecule has 1 saturated heterocycles. The number of amides is 1. The van der Waals surface area contributed by atoms with Crippen molar-refractivity contribution in [2.24, 2.45) is 11.7 Å². The molecule has 1 amide bonds. The van der Waals surface area contributed by atoms with Gasteiger partial charge in [0, 0.05) is 6.54 Å². The predicted octanol–water partition coefficient (Wildman–Crippen LogP) is -1.28. The zero-order valence-corrected chi connectivity index (χ0v) is 10.8. The van der Waals surface area contributed by atoms with Crippen LogP contribution in [0.4, 0.5) is 0 Å². The third kappa shape index (κ3) is 5.66. The van der Waals surface area contributed by atoms with E-state index in [1.165, 1.54) is 11.8 Å². The van der Waals surface area contributed by atoms with Gasteiger partial charge in [-0.3, -0.25) is 9.59 Å². The molecule has 0 radical (unpaired) electrons. The zero-order valence-electron chi connectivity index (χ0n) is 10.8. The Bertz CT molecular complexity index is 333. The van der Waals surface area contributed by atoms with Gasteiger partial charge in [0.25, 0.3) is 0 Å². The van der Waals surface area contributed by atoms with Gasteiger partial charge >= 0.3 is 11.9 Å². The Morgan fingerprint density at radius 2 is 1.95 bits per heavy atom. The maximum absolute atomic E-state index is 11.1. The molecule has 1 aliphatic heterocycles. The van der Waals surface area contributed by atoms with Crippen molar-refractivity contribution in [2.75, 3.05) is 19.7 Å². The molecule has 0 aromatic rings. The Morgan fingerprint density at radius 1 is 1.37 bits per heavy atom. The molecule has 19 heavy (non-hydrogen) atoms. The van der Waals surface area contributed by atoms with Crippen molar-refractivity contribution >= 4 is 17.8 Å². The average molecular weight is 276 g/mol. The van der Waals surface area contributed by atoms with Crippen molar-refractivity contribution in [3.8, 4) is 0 Å². The van der Waals surface area contributed by atoms with Crippen LogP contribution < -0.4 is 5.73 Å². The molecule has 0 aromatic carbocycles. The molecule has 8 heteroatoms. The lowest BCUT2D eigenvalue weighted by Crippen LogP contribution is -2.43. The molecule has 1 heterocycles. The third-order valence-electron chi connectivity index (χ3n) is 2.73. The third-order valence-corrected chi connectivity index (χ3v) is 2.73. The number of nitrogens with zero attached hydrogens (tertiary/aromatic N) is 1. The summed E-state index contributed by atoms with van der Waals surface area (Å²) in [6, 6.07) is -0.652. The van der Waals surface area contributed by atoms with Crippen molar-refractivity contribution in [3.63, 3.8) is 0 Å². The van der Waals surface area contributed by atoms with Gasteiger partial charge in [-0.25, -0.2) is 4.79 Å². The van der Waals surface area contributed by atoms with Crippen LogP contribution in [0.2, 0.25) is 0 Å². The first-order chi connectivity index (χ1) is 8.84. The smallest absolute Gasteiger partial charge is 0.326 e. The van der Waals surface area contributed by atoms with Crippen LogP contribution in [0.1, 0.15) is 19.8 Å². The minimum Gasteiger partial charge on any atom is -0.481 e. The van der Waals surface area contributed by atoms with Crippen LogP contribution in [0.5, 0.6) is 0 Å². The minimum absolute atomic E-state index is 0.107. The lowest BCUT2D eigenvalue weighted by molar-refractivity contribution is -0.147. The molecule has 0 bridgehead atoms. The lowest BCUT2D eigenvalue weighted by Gasteiger charge is -2.20. The number of nitrogens with two attached hydrogens (primary N) is 1. The van der Waals surface area contributed by atoms with Gasteiger partial charge in [0.1, 0.15) is 6.04 Å². The Morgan fingerprint density at radius 3 is 2.26 bits per heavy atom. The van der Waals surface area contributed by atoms with Gasteiger partial charge < -0.3 is 26.0 Å². The standard InChI is InChI=1S/C7H12N2O3.C4H8O3/c8-4-6(10)9-3-1-2-5(9)7(11)12;1-3(2-5)4(6)7/h5H,1-4,8H2,(H,11,12);3,5H,2H2,1H3,(H,6,7). The lowest BCUT2D eigenvalue weighted by atomic mass is 10.2. The van der Waals surface area contributed by atoms with Gasteiger partial charge in [0.15, 0.2) is 0 Å². The molecule has 0 saturated carbocycles. The first kappa shape index (κ1) is 17.3. The number of hydrogen-bond acceptors (Lipinski definition) is 5. The average Bonchev–Trinajstić information content (AvgIpc) is 2.86. The predicted molar refractivity (Wildman–Crippen MR) is 65.3 cm³/mol. The largest absolute Gasteiger partial charge is 0.481 e. The van der Waals surface area contributed by atoms with Gasteiger partial charge in [-0.2, -0.15) is 0 Å². The van der Waals surface area contributed by atoms with Crippen LogP contribution in [0.15, 0.2) is 0 Å². The second-order valence-electron chi connectivity index (χ2n) is 4.21. The highest BCUT2D eigenvalue weighted by Crippen LogP contribution is 2.16. The number of carbonyl (C=O) groups is 3. The van der Waals surface area contributed by atoms with Crippen molar-refractivity contribution in [1.29, 1.82) is 0 Å². The Balaban J connectivity index is 0.000000399. The molecular weight excluding hydrogens is 256 g/mol. The summed E-state index contributed by atoms with van der Waals surface area (Å²) in [4.78, 5) is 32.8. The fourth-order valence-corrected chi connectivity index (χ4v) is 1.52.